The van der Waals surface area contributed by atoms with Crippen LogP contribution in [-0.4, -0.2) is 23.7 Å². The first-order valence-electron chi connectivity index (χ1n) is 6.00. The average molecular weight is 230 g/mol. The fourth-order valence-electron chi connectivity index (χ4n) is 1.57. The Kier molecular flexibility index (Phi) is 8.58. The second-order valence-electron chi connectivity index (χ2n) is 3.85. The number of carboxylic acid groups (broad SMARTS) is 1. The average Bonchev–Trinajstić information content (AvgIpc) is 2.23. The van der Waals surface area contributed by atoms with E-state index in [1.807, 2.05) is 6.92 Å². The molecule has 0 aliphatic carbocycles. The van der Waals surface area contributed by atoms with Crippen molar-refractivity contribution in [3.63, 3.8) is 0 Å². The zero-order valence-electron chi connectivity index (χ0n) is 10.2. The number of hydrogen-bond acceptors (Lipinski definition) is 3. The number of aliphatic carboxylic acids is 1. The maximum atomic E-state index is 11.0. The van der Waals surface area contributed by atoms with Crippen molar-refractivity contribution in [1.82, 2.24) is 0 Å². The molecular weight excluding hydrogens is 208 g/mol. The standard InChI is InChI=1S/C12H22O4/c1-3-10(12(14)15)8-6-5-7-9-11(13)16-4-2/h10H,3-9H2,1-2H3,(H,14,15). The van der Waals surface area contributed by atoms with Crippen LogP contribution in [0.5, 0.6) is 0 Å². The molecule has 94 valence electrons. The summed E-state index contributed by atoms with van der Waals surface area (Å²) in [6.45, 7) is 4.10. The van der Waals surface area contributed by atoms with Gasteiger partial charge in [-0.2, -0.15) is 0 Å². The summed E-state index contributed by atoms with van der Waals surface area (Å²) < 4.78 is 4.80. The summed E-state index contributed by atoms with van der Waals surface area (Å²) in [6.07, 6.45) is 4.36. The lowest BCUT2D eigenvalue weighted by molar-refractivity contribution is -0.144. The van der Waals surface area contributed by atoms with E-state index >= 15 is 0 Å². The molecule has 0 aromatic carbocycles. The van der Waals surface area contributed by atoms with Gasteiger partial charge in [0.05, 0.1) is 12.5 Å². The van der Waals surface area contributed by atoms with Gasteiger partial charge in [-0.1, -0.05) is 19.8 Å². The topological polar surface area (TPSA) is 63.6 Å². The van der Waals surface area contributed by atoms with Crippen molar-refractivity contribution < 1.29 is 19.4 Å². The smallest absolute Gasteiger partial charge is 0.306 e. The normalized spacial score (nSPS) is 12.1. The van der Waals surface area contributed by atoms with Crippen LogP contribution in [0.4, 0.5) is 0 Å². The van der Waals surface area contributed by atoms with Gasteiger partial charge in [-0.15, -0.1) is 0 Å². The number of carboxylic acids is 1. The molecule has 16 heavy (non-hydrogen) atoms. The molecule has 4 nitrogen and oxygen atoms in total. The van der Waals surface area contributed by atoms with Gasteiger partial charge in [0, 0.05) is 6.42 Å². The first kappa shape index (κ1) is 14.9. The summed E-state index contributed by atoms with van der Waals surface area (Å²) in [5, 5.41) is 8.81. The summed E-state index contributed by atoms with van der Waals surface area (Å²) in [6, 6.07) is 0. The second kappa shape index (κ2) is 9.19. The van der Waals surface area contributed by atoms with Crippen LogP contribution in [0.3, 0.4) is 0 Å². The van der Waals surface area contributed by atoms with Crippen molar-refractivity contribution in [2.24, 2.45) is 5.92 Å². The number of esters is 1. The van der Waals surface area contributed by atoms with Gasteiger partial charge < -0.3 is 9.84 Å². The van der Waals surface area contributed by atoms with E-state index < -0.39 is 5.97 Å². The van der Waals surface area contributed by atoms with Crippen LogP contribution in [0, 0.1) is 5.92 Å². The minimum absolute atomic E-state index is 0.159. The van der Waals surface area contributed by atoms with E-state index in [0.29, 0.717) is 25.9 Å². The highest BCUT2D eigenvalue weighted by Gasteiger charge is 2.13. The highest BCUT2D eigenvalue weighted by atomic mass is 16.5. The minimum Gasteiger partial charge on any atom is -0.481 e. The zero-order chi connectivity index (χ0) is 12.4. The summed E-state index contributed by atoms with van der Waals surface area (Å²) >= 11 is 0. The summed E-state index contributed by atoms with van der Waals surface area (Å²) in [5.74, 6) is -1.11. The van der Waals surface area contributed by atoms with Crippen LogP contribution in [0.2, 0.25) is 0 Å². The minimum atomic E-state index is -0.715. The Morgan fingerprint density at radius 1 is 1.19 bits per heavy atom. The molecular formula is C12H22O4. The van der Waals surface area contributed by atoms with Gasteiger partial charge in [-0.25, -0.2) is 0 Å². The highest BCUT2D eigenvalue weighted by molar-refractivity contribution is 5.70. The summed E-state index contributed by atoms with van der Waals surface area (Å²) in [4.78, 5) is 21.7. The Bertz CT molecular complexity index is 213. The van der Waals surface area contributed by atoms with Crippen LogP contribution in [0.1, 0.15) is 52.4 Å². The van der Waals surface area contributed by atoms with Gasteiger partial charge in [0.1, 0.15) is 0 Å². The molecule has 0 amide bonds. The molecule has 0 heterocycles. The molecule has 1 unspecified atom stereocenters. The van der Waals surface area contributed by atoms with E-state index in [4.69, 9.17) is 9.84 Å². The molecule has 0 aromatic rings. The fraction of sp³-hybridized carbons (Fsp3) is 0.833. The predicted molar refractivity (Wildman–Crippen MR) is 61.1 cm³/mol. The molecule has 0 saturated carbocycles. The van der Waals surface area contributed by atoms with Crippen LogP contribution >= 0.6 is 0 Å². The molecule has 0 aliphatic rings. The third-order valence-electron chi connectivity index (χ3n) is 2.58. The van der Waals surface area contributed by atoms with Gasteiger partial charge >= 0.3 is 11.9 Å². The first-order chi connectivity index (χ1) is 7.61. The molecule has 4 heteroatoms. The number of rotatable bonds is 9. The predicted octanol–water partition coefficient (Wildman–Crippen LogP) is 2.61. The van der Waals surface area contributed by atoms with Gasteiger partial charge in [0.2, 0.25) is 0 Å². The van der Waals surface area contributed by atoms with Gasteiger partial charge in [-0.3, -0.25) is 9.59 Å². The number of carbonyl (C=O) groups excluding carboxylic acids is 1. The van der Waals surface area contributed by atoms with Crippen molar-refractivity contribution in [1.29, 1.82) is 0 Å². The van der Waals surface area contributed by atoms with E-state index in [9.17, 15) is 9.59 Å². The lowest BCUT2D eigenvalue weighted by Crippen LogP contribution is -2.12. The van der Waals surface area contributed by atoms with E-state index in [0.717, 1.165) is 19.3 Å². The molecule has 0 spiro atoms. The van der Waals surface area contributed by atoms with Crippen LogP contribution in [0.25, 0.3) is 0 Å². The molecule has 0 saturated heterocycles. The van der Waals surface area contributed by atoms with Crippen molar-refractivity contribution in [3.8, 4) is 0 Å². The molecule has 0 aliphatic heterocycles. The van der Waals surface area contributed by atoms with Crippen molar-refractivity contribution in [2.45, 2.75) is 52.4 Å². The van der Waals surface area contributed by atoms with Crippen LogP contribution in [-0.2, 0) is 14.3 Å². The van der Waals surface area contributed by atoms with E-state index in [1.54, 1.807) is 6.92 Å². The zero-order valence-corrected chi connectivity index (χ0v) is 10.2. The molecule has 0 fully saturated rings. The Morgan fingerprint density at radius 2 is 1.88 bits per heavy atom. The monoisotopic (exact) mass is 230 g/mol. The molecule has 0 bridgehead atoms. The maximum Gasteiger partial charge on any atom is 0.306 e. The Labute approximate surface area is 97.0 Å². The van der Waals surface area contributed by atoms with Crippen LogP contribution in [0.15, 0.2) is 0 Å². The first-order valence-corrected chi connectivity index (χ1v) is 6.00. The Balaban J connectivity index is 3.45. The molecule has 1 atom stereocenters. The largest absolute Gasteiger partial charge is 0.481 e. The lowest BCUT2D eigenvalue weighted by atomic mass is 9.98. The van der Waals surface area contributed by atoms with Crippen molar-refractivity contribution in [2.75, 3.05) is 6.61 Å². The number of carbonyl (C=O) groups is 2. The maximum absolute atomic E-state index is 11.0. The highest BCUT2D eigenvalue weighted by Crippen LogP contribution is 2.14. The van der Waals surface area contributed by atoms with E-state index in [-0.39, 0.29) is 11.9 Å². The van der Waals surface area contributed by atoms with Gasteiger partial charge in [0.25, 0.3) is 0 Å². The third-order valence-corrected chi connectivity index (χ3v) is 2.58. The quantitative estimate of drug-likeness (QED) is 0.488. The SMILES string of the molecule is CCOC(=O)CCCCCC(CC)C(=O)O. The van der Waals surface area contributed by atoms with Crippen LogP contribution < -0.4 is 0 Å². The summed E-state index contributed by atoms with van der Waals surface area (Å²) in [5.41, 5.74) is 0. The van der Waals surface area contributed by atoms with E-state index in [1.165, 1.54) is 0 Å². The second-order valence-corrected chi connectivity index (χ2v) is 3.85. The number of ether oxygens (including phenoxy) is 1. The van der Waals surface area contributed by atoms with Crippen molar-refractivity contribution >= 4 is 11.9 Å². The number of unbranched alkanes of at least 4 members (excludes halogenated alkanes) is 2. The van der Waals surface area contributed by atoms with Gasteiger partial charge in [0.15, 0.2) is 0 Å². The number of hydrogen-bond donors (Lipinski definition) is 1. The molecule has 0 aromatic heterocycles. The molecule has 0 rings (SSSR count). The van der Waals surface area contributed by atoms with Crippen molar-refractivity contribution in [3.05, 3.63) is 0 Å². The van der Waals surface area contributed by atoms with E-state index in [2.05, 4.69) is 0 Å². The lowest BCUT2D eigenvalue weighted by Gasteiger charge is -2.08. The Morgan fingerprint density at radius 3 is 2.38 bits per heavy atom. The summed E-state index contributed by atoms with van der Waals surface area (Å²) in [7, 11) is 0. The Hall–Kier alpha value is -1.06. The third kappa shape index (κ3) is 7.26. The fourth-order valence-corrected chi connectivity index (χ4v) is 1.57. The molecule has 0 radical (unpaired) electrons. The van der Waals surface area contributed by atoms with Gasteiger partial charge in [-0.05, 0) is 26.2 Å². The molecule has 1 N–H and O–H groups in total.